The quantitative estimate of drug-likeness (QED) is 0.698. The highest BCUT2D eigenvalue weighted by Crippen LogP contribution is 2.34. The molecule has 88 valence electrons. The molecule has 4 heteroatoms. The Morgan fingerprint density at radius 2 is 1.94 bits per heavy atom. The molecule has 0 unspecified atom stereocenters. The first-order valence-electron chi connectivity index (χ1n) is 4.96. The van der Waals surface area contributed by atoms with Crippen LogP contribution in [0, 0.1) is 0 Å². The summed E-state index contributed by atoms with van der Waals surface area (Å²) in [7, 11) is 1.92. The molecule has 0 saturated heterocycles. The van der Waals surface area contributed by atoms with E-state index in [1.54, 1.807) is 0 Å². The van der Waals surface area contributed by atoms with Crippen LogP contribution in [-0.4, -0.2) is 11.9 Å². The molecule has 0 N–H and O–H groups in total. The van der Waals surface area contributed by atoms with Crippen LogP contribution in [0.2, 0.25) is 5.02 Å². The summed E-state index contributed by atoms with van der Waals surface area (Å²) < 4.78 is 0.956. The topological polar surface area (TPSA) is 3.24 Å². The number of likely N-dealkylation sites (N-methyl/N-ethyl adjacent to an activating group) is 1. The van der Waals surface area contributed by atoms with E-state index in [-0.39, 0.29) is 0 Å². The zero-order chi connectivity index (χ0) is 12.6. The van der Waals surface area contributed by atoms with E-state index in [0.29, 0.717) is 10.1 Å². The average Bonchev–Trinajstić information content (AvgIpc) is 2.28. The Hall–Kier alpha value is -0.700. The number of allylic oxidation sites excluding steroid dienone is 3. The van der Waals surface area contributed by atoms with Gasteiger partial charge in [0.2, 0.25) is 0 Å². The van der Waals surface area contributed by atoms with E-state index in [9.17, 15) is 0 Å². The second-order valence-electron chi connectivity index (χ2n) is 3.70. The van der Waals surface area contributed by atoms with Gasteiger partial charge in [0.25, 0.3) is 0 Å². The molecule has 0 fully saturated rings. The smallest absolute Gasteiger partial charge is 0.0637 e. The minimum Gasteiger partial charge on any atom is -0.343 e. The zero-order valence-corrected chi connectivity index (χ0v) is 12.3. The monoisotopic (exact) mass is 329 g/mol. The Bertz CT molecular complexity index is 546. The molecule has 1 aromatic rings. The summed E-state index contributed by atoms with van der Waals surface area (Å²) in [4.78, 5) is 1.93. The number of benzene rings is 1. The van der Waals surface area contributed by atoms with E-state index < -0.39 is 0 Å². The van der Waals surface area contributed by atoms with Gasteiger partial charge >= 0.3 is 0 Å². The van der Waals surface area contributed by atoms with E-state index in [2.05, 4.69) is 22.5 Å². The van der Waals surface area contributed by atoms with Gasteiger partial charge in [0.05, 0.1) is 15.8 Å². The number of hydrogen-bond donors (Lipinski definition) is 0. The summed E-state index contributed by atoms with van der Waals surface area (Å²) in [5.74, 6) is 0. The van der Waals surface area contributed by atoms with E-state index in [1.165, 1.54) is 0 Å². The predicted octanol–water partition coefficient (Wildman–Crippen LogP) is 5.03. The Labute approximate surface area is 119 Å². The lowest BCUT2D eigenvalue weighted by Crippen LogP contribution is -2.18. The van der Waals surface area contributed by atoms with Gasteiger partial charge in [-0.3, -0.25) is 0 Å². The van der Waals surface area contributed by atoms with Crippen LogP contribution in [0.15, 0.2) is 52.1 Å². The van der Waals surface area contributed by atoms with Crippen LogP contribution >= 0.6 is 39.1 Å². The number of hydrogen-bond acceptors (Lipinski definition) is 1. The van der Waals surface area contributed by atoms with Gasteiger partial charge in [0.1, 0.15) is 0 Å². The number of nitrogens with zero attached hydrogens (tertiary/aromatic N) is 1. The Kier molecular flexibility index (Phi) is 3.67. The summed E-state index contributed by atoms with van der Waals surface area (Å²) in [6.07, 6.45) is 3.77. The molecular weight excluding hydrogens is 321 g/mol. The van der Waals surface area contributed by atoms with Crippen molar-refractivity contribution < 1.29 is 0 Å². The second-order valence-corrected chi connectivity index (χ2v) is 5.43. The average molecular weight is 331 g/mol. The fraction of sp³-hybridized carbons (Fsp3) is 0.0769. The Morgan fingerprint density at radius 3 is 2.59 bits per heavy atom. The van der Waals surface area contributed by atoms with E-state index in [0.717, 1.165) is 21.4 Å². The summed E-state index contributed by atoms with van der Waals surface area (Å²) in [5.41, 5.74) is 2.71. The van der Waals surface area contributed by atoms with Gasteiger partial charge in [-0.25, -0.2) is 0 Å². The fourth-order valence-electron chi connectivity index (χ4n) is 1.63. The number of rotatable bonds is 1. The van der Waals surface area contributed by atoms with Crippen LogP contribution in [0.5, 0.6) is 0 Å². The summed E-state index contributed by atoms with van der Waals surface area (Å²) in [6.45, 7) is 3.93. The van der Waals surface area contributed by atoms with Gasteiger partial charge in [-0.1, -0.05) is 51.8 Å². The third-order valence-corrected chi connectivity index (χ3v) is 3.79. The molecular formula is C13H10BrCl2N. The maximum atomic E-state index is 6.23. The lowest BCUT2D eigenvalue weighted by molar-refractivity contribution is 0.611. The molecule has 1 aromatic carbocycles. The molecule has 1 nitrogen and oxygen atoms in total. The minimum atomic E-state index is 0.643. The van der Waals surface area contributed by atoms with Crippen molar-refractivity contribution in [2.24, 2.45) is 0 Å². The normalized spacial score (nSPS) is 15.8. The molecule has 2 rings (SSSR count). The molecule has 0 radical (unpaired) electrons. The van der Waals surface area contributed by atoms with Crippen molar-refractivity contribution in [1.29, 1.82) is 0 Å². The first-order valence-corrected chi connectivity index (χ1v) is 6.51. The van der Waals surface area contributed by atoms with Crippen LogP contribution < -0.4 is 0 Å². The van der Waals surface area contributed by atoms with E-state index >= 15 is 0 Å². The molecule has 0 bridgehead atoms. The third-order valence-electron chi connectivity index (χ3n) is 2.64. The van der Waals surface area contributed by atoms with Gasteiger partial charge in [0, 0.05) is 22.8 Å². The minimum absolute atomic E-state index is 0.643. The third kappa shape index (κ3) is 2.44. The summed E-state index contributed by atoms with van der Waals surface area (Å²) >= 11 is 15.6. The molecule has 0 atom stereocenters. The fourth-order valence-corrected chi connectivity index (χ4v) is 2.59. The summed E-state index contributed by atoms with van der Waals surface area (Å²) in [6, 6.07) is 5.79. The standard InChI is InChI=1S/C13H10BrCl2N/c1-8-11(15)5-6-13(17(8)2)10-4-3-9(14)7-12(10)16/h3-7H,1H2,2H3. The van der Waals surface area contributed by atoms with Crippen molar-refractivity contribution in [2.75, 3.05) is 7.05 Å². The molecule has 1 aliphatic rings. The molecule has 1 aliphatic heterocycles. The molecule has 0 aliphatic carbocycles. The molecule has 0 amide bonds. The molecule has 1 heterocycles. The highest BCUT2D eigenvalue weighted by atomic mass is 79.9. The van der Waals surface area contributed by atoms with Gasteiger partial charge in [-0.15, -0.1) is 0 Å². The van der Waals surface area contributed by atoms with Crippen molar-refractivity contribution >= 4 is 44.8 Å². The Balaban J connectivity index is 2.51. The molecule has 0 saturated carbocycles. The van der Waals surface area contributed by atoms with E-state index in [1.807, 2.05) is 42.3 Å². The lowest BCUT2D eigenvalue weighted by atomic mass is 10.1. The maximum absolute atomic E-state index is 6.23. The van der Waals surface area contributed by atoms with Gasteiger partial charge < -0.3 is 4.90 Å². The molecule has 0 spiro atoms. The van der Waals surface area contributed by atoms with Crippen molar-refractivity contribution in [3.63, 3.8) is 0 Å². The van der Waals surface area contributed by atoms with Crippen LogP contribution in [-0.2, 0) is 0 Å². The summed E-state index contributed by atoms with van der Waals surface area (Å²) in [5, 5.41) is 1.33. The first-order chi connectivity index (χ1) is 8.00. The van der Waals surface area contributed by atoms with Crippen molar-refractivity contribution in [2.45, 2.75) is 0 Å². The van der Waals surface area contributed by atoms with Crippen molar-refractivity contribution in [1.82, 2.24) is 4.90 Å². The van der Waals surface area contributed by atoms with Crippen molar-refractivity contribution in [3.05, 3.63) is 62.7 Å². The van der Waals surface area contributed by atoms with Gasteiger partial charge in [0.15, 0.2) is 0 Å². The van der Waals surface area contributed by atoms with Crippen molar-refractivity contribution in [3.8, 4) is 0 Å². The molecule has 17 heavy (non-hydrogen) atoms. The largest absolute Gasteiger partial charge is 0.343 e. The van der Waals surface area contributed by atoms with Crippen LogP contribution in [0.25, 0.3) is 5.70 Å². The highest BCUT2D eigenvalue weighted by Gasteiger charge is 2.18. The van der Waals surface area contributed by atoms with Crippen LogP contribution in [0.1, 0.15) is 5.56 Å². The Morgan fingerprint density at radius 1 is 1.24 bits per heavy atom. The van der Waals surface area contributed by atoms with Crippen LogP contribution in [0.4, 0.5) is 0 Å². The SMILES string of the molecule is C=C1C(Cl)=CC=C(c2ccc(Br)cc2Cl)N1C. The van der Waals surface area contributed by atoms with E-state index in [4.69, 9.17) is 23.2 Å². The van der Waals surface area contributed by atoms with Gasteiger partial charge in [-0.2, -0.15) is 0 Å². The zero-order valence-electron chi connectivity index (χ0n) is 9.17. The lowest BCUT2D eigenvalue weighted by Gasteiger charge is -2.28. The van der Waals surface area contributed by atoms with Crippen LogP contribution in [0.3, 0.4) is 0 Å². The van der Waals surface area contributed by atoms with Gasteiger partial charge in [-0.05, 0) is 24.3 Å². The maximum Gasteiger partial charge on any atom is 0.0637 e. The highest BCUT2D eigenvalue weighted by molar-refractivity contribution is 9.10. The predicted molar refractivity (Wildman–Crippen MR) is 78.0 cm³/mol. The second kappa shape index (κ2) is 4.89. The molecule has 0 aromatic heterocycles. The first kappa shape index (κ1) is 12.7. The number of halogens is 3.